The first-order chi connectivity index (χ1) is 12.5. The molecule has 1 aliphatic heterocycles. The SMILES string of the molecule is COc1ccc(N2CCC(CNC(=S)Nc3cc(F)cc(F)c3)C2)cc1. The summed E-state index contributed by atoms with van der Waals surface area (Å²) in [6.45, 7) is 2.61. The molecule has 0 aromatic heterocycles. The Morgan fingerprint density at radius 3 is 2.54 bits per heavy atom. The third-order valence-corrected chi connectivity index (χ3v) is 4.64. The minimum Gasteiger partial charge on any atom is -0.497 e. The number of anilines is 2. The standard InChI is InChI=1S/C19H21F2N3OS/c1-25-18-4-2-17(3-5-18)24-7-6-13(12-24)11-22-19(26)23-16-9-14(20)8-15(21)10-16/h2-5,8-10,13H,6-7,11-12H2,1H3,(H2,22,23,26). The Bertz CT molecular complexity index is 750. The first kappa shape index (κ1) is 18.4. The molecule has 1 aliphatic rings. The van der Waals surface area contributed by atoms with Crippen LogP contribution in [0.5, 0.6) is 5.75 Å². The Morgan fingerprint density at radius 1 is 1.19 bits per heavy atom. The van der Waals surface area contributed by atoms with Gasteiger partial charge in [0, 0.05) is 37.1 Å². The molecular weight excluding hydrogens is 356 g/mol. The van der Waals surface area contributed by atoms with Crippen molar-refractivity contribution in [2.75, 3.05) is 37.0 Å². The lowest BCUT2D eigenvalue weighted by Gasteiger charge is -2.19. The smallest absolute Gasteiger partial charge is 0.170 e. The monoisotopic (exact) mass is 377 g/mol. The minimum atomic E-state index is -0.638. The number of benzene rings is 2. The van der Waals surface area contributed by atoms with Gasteiger partial charge in [-0.05, 0) is 61.0 Å². The molecule has 26 heavy (non-hydrogen) atoms. The molecule has 2 aromatic carbocycles. The van der Waals surface area contributed by atoms with Crippen molar-refractivity contribution in [3.8, 4) is 5.75 Å². The van der Waals surface area contributed by atoms with Gasteiger partial charge in [0.05, 0.1) is 7.11 Å². The molecule has 1 unspecified atom stereocenters. The summed E-state index contributed by atoms with van der Waals surface area (Å²) in [6.07, 6.45) is 1.05. The van der Waals surface area contributed by atoms with E-state index < -0.39 is 11.6 Å². The van der Waals surface area contributed by atoms with Crippen molar-refractivity contribution >= 4 is 28.7 Å². The second-order valence-electron chi connectivity index (χ2n) is 6.29. The van der Waals surface area contributed by atoms with E-state index in [4.69, 9.17) is 17.0 Å². The lowest BCUT2D eigenvalue weighted by atomic mass is 10.1. The van der Waals surface area contributed by atoms with Crippen LogP contribution >= 0.6 is 12.2 Å². The number of halogens is 2. The summed E-state index contributed by atoms with van der Waals surface area (Å²) in [4.78, 5) is 2.32. The van der Waals surface area contributed by atoms with E-state index in [0.717, 1.165) is 31.3 Å². The fourth-order valence-corrected chi connectivity index (χ4v) is 3.27. The van der Waals surface area contributed by atoms with E-state index in [1.54, 1.807) is 7.11 Å². The van der Waals surface area contributed by atoms with E-state index >= 15 is 0 Å². The summed E-state index contributed by atoms with van der Waals surface area (Å²) in [6, 6.07) is 11.3. The average molecular weight is 377 g/mol. The number of hydrogen-bond donors (Lipinski definition) is 2. The molecule has 7 heteroatoms. The fraction of sp³-hybridized carbons (Fsp3) is 0.316. The van der Waals surface area contributed by atoms with E-state index in [2.05, 4.69) is 27.7 Å². The van der Waals surface area contributed by atoms with Crippen LogP contribution in [0.15, 0.2) is 42.5 Å². The topological polar surface area (TPSA) is 36.5 Å². The van der Waals surface area contributed by atoms with Crippen molar-refractivity contribution in [1.29, 1.82) is 0 Å². The number of methoxy groups -OCH3 is 1. The fourth-order valence-electron chi connectivity index (χ4n) is 3.07. The number of rotatable bonds is 5. The van der Waals surface area contributed by atoms with Gasteiger partial charge in [-0.1, -0.05) is 0 Å². The highest BCUT2D eigenvalue weighted by Gasteiger charge is 2.22. The van der Waals surface area contributed by atoms with E-state index in [-0.39, 0.29) is 0 Å². The number of hydrogen-bond acceptors (Lipinski definition) is 3. The maximum absolute atomic E-state index is 13.2. The Hall–Kier alpha value is -2.41. The molecule has 1 saturated heterocycles. The zero-order chi connectivity index (χ0) is 18.5. The van der Waals surface area contributed by atoms with Gasteiger partial charge in [0.1, 0.15) is 17.4 Å². The predicted molar refractivity (Wildman–Crippen MR) is 104 cm³/mol. The maximum Gasteiger partial charge on any atom is 0.170 e. The van der Waals surface area contributed by atoms with Gasteiger partial charge in [-0.25, -0.2) is 8.78 Å². The highest BCUT2D eigenvalue weighted by molar-refractivity contribution is 7.80. The summed E-state index contributed by atoms with van der Waals surface area (Å²) >= 11 is 5.21. The molecule has 1 heterocycles. The number of nitrogens with zero attached hydrogens (tertiary/aromatic N) is 1. The highest BCUT2D eigenvalue weighted by atomic mass is 32.1. The molecule has 0 amide bonds. The van der Waals surface area contributed by atoms with Crippen molar-refractivity contribution in [3.63, 3.8) is 0 Å². The van der Waals surface area contributed by atoms with Gasteiger partial charge in [0.2, 0.25) is 0 Å². The molecule has 0 saturated carbocycles. The maximum atomic E-state index is 13.2. The quantitative estimate of drug-likeness (QED) is 0.776. The minimum absolute atomic E-state index is 0.297. The van der Waals surface area contributed by atoms with E-state index in [1.165, 1.54) is 17.8 Å². The average Bonchev–Trinajstić information content (AvgIpc) is 3.08. The Balaban J connectivity index is 1.47. The third-order valence-electron chi connectivity index (χ3n) is 4.40. The lowest BCUT2D eigenvalue weighted by molar-refractivity contribution is 0.415. The van der Waals surface area contributed by atoms with Crippen LogP contribution in [0.25, 0.3) is 0 Å². The largest absolute Gasteiger partial charge is 0.497 e. The van der Waals surface area contributed by atoms with Crippen LogP contribution in [0.1, 0.15) is 6.42 Å². The third kappa shape index (κ3) is 4.82. The predicted octanol–water partition coefficient (Wildman–Crippen LogP) is 3.79. The molecule has 0 radical (unpaired) electrons. The first-order valence-electron chi connectivity index (χ1n) is 8.43. The summed E-state index contributed by atoms with van der Waals surface area (Å²) < 4.78 is 31.6. The Kier molecular flexibility index (Phi) is 5.88. The van der Waals surface area contributed by atoms with Gasteiger partial charge in [0.15, 0.2) is 5.11 Å². The van der Waals surface area contributed by atoms with E-state index in [0.29, 0.717) is 23.3 Å². The van der Waals surface area contributed by atoms with Crippen LogP contribution in [-0.2, 0) is 0 Å². The van der Waals surface area contributed by atoms with Crippen LogP contribution in [0.3, 0.4) is 0 Å². The molecule has 138 valence electrons. The molecule has 0 aliphatic carbocycles. The van der Waals surface area contributed by atoms with Gasteiger partial charge in [0.25, 0.3) is 0 Å². The van der Waals surface area contributed by atoms with E-state index in [1.807, 2.05) is 12.1 Å². The summed E-state index contributed by atoms with van der Waals surface area (Å²) in [5.74, 6) is 0.0138. The molecule has 0 spiro atoms. The summed E-state index contributed by atoms with van der Waals surface area (Å²) in [7, 11) is 1.65. The second-order valence-corrected chi connectivity index (χ2v) is 6.70. The second kappa shape index (κ2) is 8.31. The first-order valence-corrected chi connectivity index (χ1v) is 8.84. The van der Waals surface area contributed by atoms with Crippen LogP contribution < -0.4 is 20.3 Å². The Labute approximate surface area is 157 Å². The van der Waals surface area contributed by atoms with Gasteiger partial charge in [-0.3, -0.25) is 0 Å². The molecule has 2 aromatic rings. The van der Waals surface area contributed by atoms with Crippen LogP contribution in [-0.4, -0.2) is 31.9 Å². The van der Waals surface area contributed by atoms with E-state index in [9.17, 15) is 8.78 Å². The van der Waals surface area contributed by atoms with Gasteiger partial charge >= 0.3 is 0 Å². The molecule has 0 bridgehead atoms. The normalized spacial score (nSPS) is 16.4. The molecule has 1 fully saturated rings. The van der Waals surface area contributed by atoms with Gasteiger partial charge in [-0.15, -0.1) is 0 Å². The zero-order valence-electron chi connectivity index (χ0n) is 14.5. The van der Waals surface area contributed by atoms with Crippen LogP contribution in [0, 0.1) is 17.6 Å². The van der Waals surface area contributed by atoms with Gasteiger partial charge in [-0.2, -0.15) is 0 Å². The number of thiocarbonyl (C=S) groups is 1. The zero-order valence-corrected chi connectivity index (χ0v) is 15.3. The van der Waals surface area contributed by atoms with Crippen molar-refractivity contribution in [2.45, 2.75) is 6.42 Å². The molecule has 1 atom stereocenters. The van der Waals surface area contributed by atoms with Crippen LogP contribution in [0.4, 0.5) is 20.2 Å². The van der Waals surface area contributed by atoms with Gasteiger partial charge < -0.3 is 20.3 Å². The van der Waals surface area contributed by atoms with Crippen molar-refractivity contribution < 1.29 is 13.5 Å². The lowest BCUT2D eigenvalue weighted by Crippen LogP contribution is -2.34. The summed E-state index contributed by atoms with van der Waals surface area (Å²) in [5, 5.41) is 6.31. The van der Waals surface area contributed by atoms with Crippen molar-refractivity contribution in [1.82, 2.24) is 5.32 Å². The van der Waals surface area contributed by atoms with Crippen molar-refractivity contribution in [2.24, 2.45) is 5.92 Å². The number of ether oxygens (including phenoxy) is 1. The highest BCUT2D eigenvalue weighted by Crippen LogP contribution is 2.25. The van der Waals surface area contributed by atoms with Crippen molar-refractivity contribution in [3.05, 3.63) is 54.1 Å². The Morgan fingerprint density at radius 2 is 1.88 bits per heavy atom. The molecule has 4 nitrogen and oxygen atoms in total. The number of nitrogens with one attached hydrogen (secondary N) is 2. The molecule has 2 N–H and O–H groups in total. The molecular formula is C19H21F2N3OS. The summed E-state index contributed by atoms with van der Waals surface area (Å²) in [5.41, 5.74) is 1.47. The van der Waals surface area contributed by atoms with Crippen LogP contribution in [0.2, 0.25) is 0 Å². The molecule has 3 rings (SSSR count).